The molecule has 0 radical (unpaired) electrons. The first-order chi connectivity index (χ1) is 8.88. The Morgan fingerprint density at radius 1 is 1.47 bits per heavy atom. The summed E-state index contributed by atoms with van der Waals surface area (Å²) in [6, 6.07) is 2.63. The largest absolute Gasteiger partial charge is 0.478 e. The Balaban J connectivity index is 2.94. The molecule has 0 saturated carbocycles. The van der Waals surface area contributed by atoms with E-state index >= 15 is 0 Å². The maximum Gasteiger partial charge on any atom is 0.335 e. The van der Waals surface area contributed by atoms with Crippen molar-refractivity contribution in [3.8, 4) is 11.8 Å². The molecule has 1 aromatic rings. The molecule has 0 bridgehead atoms. The zero-order chi connectivity index (χ0) is 14.5. The van der Waals surface area contributed by atoms with Crippen LogP contribution in [-0.2, 0) is 10.0 Å². The predicted molar refractivity (Wildman–Crippen MR) is 66.6 cm³/mol. The number of nitrogens with one attached hydrogen (secondary N) is 1. The highest BCUT2D eigenvalue weighted by Gasteiger charge is 2.19. The third kappa shape index (κ3) is 4.05. The van der Waals surface area contributed by atoms with Crippen LogP contribution in [-0.4, -0.2) is 26.0 Å². The number of carboxylic acid groups (broad SMARTS) is 1. The van der Waals surface area contributed by atoms with E-state index in [1.807, 2.05) is 0 Å². The second-order valence-corrected chi connectivity index (χ2v) is 5.26. The molecule has 0 spiro atoms. The Labute approximate surface area is 110 Å². The highest BCUT2D eigenvalue weighted by atomic mass is 32.2. The van der Waals surface area contributed by atoms with E-state index in [-0.39, 0.29) is 12.1 Å². The summed E-state index contributed by atoms with van der Waals surface area (Å²) in [6.07, 6.45) is 0.310. The van der Waals surface area contributed by atoms with Gasteiger partial charge < -0.3 is 5.11 Å². The number of halogens is 1. The van der Waals surface area contributed by atoms with Gasteiger partial charge in [0.15, 0.2) is 0 Å². The fourth-order valence-corrected chi connectivity index (χ4v) is 2.39. The number of aromatic carboxylic acids is 1. The normalized spacial score (nSPS) is 10.6. The first-order valence-electron chi connectivity index (χ1n) is 5.30. The molecule has 0 amide bonds. The zero-order valence-corrected chi connectivity index (χ0v) is 10.9. The van der Waals surface area contributed by atoms with Gasteiger partial charge in [-0.05, 0) is 25.1 Å². The van der Waals surface area contributed by atoms with Crippen molar-refractivity contribution in [3.63, 3.8) is 0 Å². The molecule has 0 atom stereocenters. The third-order valence-corrected chi connectivity index (χ3v) is 3.68. The highest BCUT2D eigenvalue weighted by molar-refractivity contribution is 7.89. The van der Waals surface area contributed by atoms with E-state index in [4.69, 9.17) is 5.11 Å². The molecule has 7 heteroatoms. The number of hydrogen-bond donors (Lipinski definition) is 2. The van der Waals surface area contributed by atoms with Gasteiger partial charge in [0.05, 0.1) is 5.56 Å². The minimum Gasteiger partial charge on any atom is -0.478 e. The molecule has 0 aliphatic carbocycles. The average Bonchev–Trinajstić information content (AvgIpc) is 2.34. The van der Waals surface area contributed by atoms with Crippen LogP contribution in [0.1, 0.15) is 23.7 Å². The van der Waals surface area contributed by atoms with Crippen molar-refractivity contribution >= 4 is 16.0 Å². The molecule has 0 aromatic heterocycles. The lowest BCUT2D eigenvalue weighted by Crippen LogP contribution is -2.25. The van der Waals surface area contributed by atoms with E-state index in [2.05, 4.69) is 16.6 Å². The molecule has 0 aliphatic heterocycles. The molecule has 19 heavy (non-hydrogen) atoms. The fourth-order valence-electron chi connectivity index (χ4n) is 1.30. The lowest BCUT2D eigenvalue weighted by Gasteiger charge is -2.06. The fraction of sp³-hybridized carbons (Fsp3) is 0.250. The smallest absolute Gasteiger partial charge is 0.335 e. The minimum absolute atomic E-state index is 0.0588. The van der Waals surface area contributed by atoms with Crippen LogP contribution in [0.15, 0.2) is 23.1 Å². The van der Waals surface area contributed by atoms with Crippen molar-refractivity contribution < 1.29 is 22.7 Å². The summed E-state index contributed by atoms with van der Waals surface area (Å²) in [5.74, 6) is 2.84. The monoisotopic (exact) mass is 285 g/mol. The summed E-state index contributed by atoms with van der Waals surface area (Å²) >= 11 is 0. The predicted octanol–water partition coefficient (Wildman–Crippen LogP) is 1.22. The van der Waals surface area contributed by atoms with Gasteiger partial charge in [-0.25, -0.2) is 22.3 Å². The summed E-state index contributed by atoms with van der Waals surface area (Å²) in [5, 5.41) is 8.66. The summed E-state index contributed by atoms with van der Waals surface area (Å²) in [4.78, 5) is 10.0. The Morgan fingerprint density at radius 3 is 2.68 bits per heavy atom. The Bertz CT molecular complexity index is 643. The summed E-state index contributed by atoms with van der Waals surface area (Å²) in [7, 11) is -4.00. The van der Waals surface area contributed by atoms with Gasteiger partial charge in [-0.2, -0.15) is 0 Å². The second-order valence-electron chi connectivity index (χ2n) is 3.52. The van der Waals surface area contributed by atoms with Crippen LogP contribution >= 0.6 is 0 Å². The van der Waals surface area contributed by atoms with Crippen LogP contribution in [0.2, 0.25) is 0 Å². The van der Waals surface area contributed by atoms with Crippen LogP contribution in [0.3, 0.4) is 0 Å². The Hall–Kier alpha value is -1.91. The van der Waals surface area contributed by atoms with Crippen molar-refractivity contribution in [2.45, 2.75) is 18.2 Å². The van der Waals surface area contributed by atoms with Crippen molar-refractivity contribution in [3.05, 3.63) is 29.6 Å². The van der Waals surface area contributed by atoms with Crippen LogP contribution in [0, 0.1) is 17.7 Å². The molecule has 1 aromatic carbocycles. The van der Waals surface area contributed by atoms with Gasteiger partial charge in [-0.1, -0.05) is 0 Å². The van der Waals surface area contributed by atoms with E-state index < -0.39 is 26.7 Å². The number of carbonyl (C=O) groups is 1. The standard InChI is InChI=1S/C12H12FNO4S/c1-2-3-4-7-14-19(17,18)11-6-5-9(12(15)16)8-10(11)13/h5-6,8,14H,4,7H2,1H3,(H,15,16). The van der Waals surface area contributed by atoms with E-state index in [0.29, 0.717) is 12.5 Å². The Kier molecular flexibility index (Phi) is 5.03. The molecule has 0 saturated heterocycles. The summed E-state index contributed by atoms with van der Waals surface area (Å²) < 4.78 is 39.3. The molecule has 1 rings (SSSR count). The quantitative estimate of drug-likeness (QED) is 0.629. The number of sulfonamides is 1. The zero-order valence-electron chi connectivity index (χ0n) is 10.1. The van der Waals surface area contributed by atoms with Gasteiger partial charge in [0.2, 0.25) is 10.0 Å². The van der Waals surface area contributed by atoms with Crippen LogP contribution in [0.25, 0.3) is 0 Å². The van der Waals surface area contributed by atoms with Crippen LogP contribution in [0.4, 0.5) is 4.39 Å². The number of rotatable bonds is 5. The molecular weight excluding hydrogens is 273 g/mol. The number of carboxylic acids is 1. The summed E-state index contributed by atoms with van der Waals surface area (Å²) in [6.45, 7) is 1.68. The first kappa shape index (κ1) is 15.1. The summed E-state index contributed by atoms with van der Waals surface area (Å²) in [5.41, 5.74) is -0.312. The minimum atomic E-state index is -4.00. The van der Waals surface area contributed by atoms with Crippen molar-refractivity contribution in [2.24, 2.45) is 0 Å². The molecule has 102 valence electrons. The van der Waals surface area contributed by atoms with Gasteiger partial charge in [0.1, 0.15) is 10.7 Å². The third-order valence-electron chi connectivity index (χ3n) is 2.19. The maximum absolute atomic E-state index is 13.6. The lowest BCUT2D eigenvalue weighted by atomic mass is 10.2. The van der Waals surface area contributed by atoms with Crippen LogP contribution in [0.5, 0.6) is 0 Å². The molecule has 0 aliphatic rings. The van der Waals surface area contributed by atoms with E-state index in [1.54, 1.807) is 6.92 Å². The molecule has 0 fully saturated rings. The molecule has 5 nitrogen and oxygen atoms in total. The maximum atomic E-state index is 13.6. The Morgan fingerprint density at radius 2 is 2.16 bits per heavy atom. The molecule has 0 unspecified atom stereocenters. The van der Waals surface area contributed by atoms with Crippen molar-refractivity contribution in [1.29, 1.82) is 0 Å². The molecule has 2 N–H and O–H groups in total. The topological polar surface area (TPSA) is 83.5 Å². The lowest BCUT2D eigenvalue weighted by molar-refractivity contribution is 0.0696. The van der Waals surface area contributed by atoms with Gasteiger partial charge in [0, 0.05) is 13.0 Å². The van der Waals surface area contributed by atoms with E-state index in [9.17, 15) is 17.6 Å². The van der Waals surface area contributed by atoms with Gasteiger partial charge in [-0.3, -0.25) is 0 Å². The van der Waals surface area contributed by atoms with Gasteiger partial charge in [-0.15, -0.1) is 11.8 Å². The highest BCUT2D eigenvalue weighted by Crippen LogP contribution is 2.16. The van der Waals surface area contributed by atoms with E-state index in [0.717, 1.165) is 12.1 Å². The van der Waals surface area contributed by atoms with Crippen molar-refractivity contribution in [1.82, 2.24) is 4.72 Å². The number of benzene rings is 1. The van der Waals surface area contributed by atoms with Gasteiger partial charge >= 0.3 is 5.97 Å². The SMILES string of the molecule is CC#CCCNS(=O)(=O)c1ccc(C(=O)O)cc1F. The second kappa shape index (κ2) is 6.31. The van der Waals surface area contributed by atoms with Gasteiger partial charge in [0.25, 0.3) is 0 Å². The van der Waals surface area contributed by atoms with Crippen LogP contribution < -0.4 is 4.72 Å². The number of hydrogen-bond acceptors (Lipinski definition) is 3. The first-order valence-corrected chi connectivity index (χ1v) is 6.79. The molecular formula is C12H12FNO4S. The van der Waals surface area contributed by atoms with E-state index in [1.165, 1.54) is 0 Å². The molecule has 0 heterocycles. The van der Waals surface area contributed by atoms with Crippen molar-refractivity contribution in [2.75, 3.05) is 6.54 Å². The average molecular weight is 285 g/mol.